The predicted octanol–water partition coefficient (Wildman–Crippen LogP) is 7.96. The van der Waals surface area contributed by atoms with Gasteiger partial charge in [0.25, 0.3) is 0 Å². The summed E-state index contributed by atoms with van der Waals surface area (Å²) in [5.74, 6) is -0.412. The molecule has 2 atom stereocenters. The number of nitrogens with zero attached hydrogens (tertiary/aromatic N) is 3. The second-order valence-electron chi connectivity index (χ2n) is 15.2. The fourth-order valence-corrected chi connectivity index (χ4v) is 8.02. The van der Waals surface area contributed by atoms with Crippen molar-refractivity contribution >= 4 is 17.6 Å². The molecule has 1 aliphatic heterocycles. The minimum absolute atomic E-state index is 0.0363. The van der Waals surface area contributed by atoms with E-state index < -0.39 is 18.1 Å². The van der Waals surface area contributed by atoms with Crippen molar-refractivity contribution in [1.29, 1.82) is 5.26 Å². The van der Waals surface area contributed by atoms with Crippen molar-refractivity contribution in [1.82, 2.24) is 15.2 Å². The van der Waals surface area contributed by atoms with Gasteiger partial charge in [0.05, 0.1) is 23.3 Å². The molecule has 2 aliphatic rings. The Morgan fingerprint density at radius 2 is 1.70 bits per heavy atom. The number of methoxy groups -OCH3 is 1. The van der Waals surface area contributed by atoms with Crippen LogP contribution in [0.3, 0.4) is 0 Å². The topological polar surface area (TPSA) is 137 Å². The zero-order valence-electron chi connectivity index (χ0n) is 32.6. The number of fused-ring (bicyclic) bond motifs is 1. The number of aromatic nitrogens is 1. The molecule has 57 heavy (non-hydrogen) atoms. The van der Waals surface area contributed by atoms with Crippen LogP contribution in [0.15, 0.2) is 85.2 Å². The highest BCUT2D eigenvalue weighted by atomic mass is 35.5. The Balaban J connectivity index is 1.11. The normalized spacial score (nSPS) is 16.3. The highest BCUT2D eigenvalue weighted by molar-refractivity contribution is 6.32. The number of carboxylic acids is 1. The lowest BCUT2D eigenvalue weighted by molar-refractivity contribution is -0.145. The van der Waals surface area contributed by atoms with Gasteiger partial charge in [0, 0.05) is 62.4 Å². The molecule has 0 bridgehead atoms. The van der Waals surface area contributed by atoms with E-state index in [1.807, 2.05) is 12.1 Å². The third kappa shape index (κ3) is 8.40. The number of aryl methyl sites for hydroxylation is 1. The molecular weight excluding hydrogens is 740 g/mol. The lowest BCUT2D eigenvalue weighted by Gasteiger charge is -2.42. The molecule has 1 aliphatic carbocycles. The average Bonchev–Trinajstić information content (AvgIpc) is 3.62. The number of likely N-dealkylation sites (tertiary alicyclic amines) is 1. The van der Waals surface area contributed by atoms with Gasteiger partial charge >= 0.3 is 5.97 Å². The van der Waals surface area contributed by atoms with Gasteiger partial charge in [0.15, 0.2) is 0 Å². The van der Waals surface area contributed by atoms with Crippen LogP contribution in [0.1, 0.15) is 63.9 Å². The van der Waals surface area contributed by atoms with E-state index in [1.165, 1.54) is 40.9 Å². The third-order valence-corrected chi connectivity index (χ3v) is 11.8. The molecular formula is C46H47ClN4O6. The maximum absolute atomic E-state index is 11.9. The number of pyridine rings is 1. The Kier molecular flexibility index (Phi) is 12.0. The molecule has 0 amide bonds. The minimum atomic E-state index is -1.59. The Hall–Kier alpha value is -5.28. The van der Waals surface area contributed by atoms with E-state index in [0.717, 1.165) is 48.2 Å². The molecule has 10 nitrogen and oxygen atoms in total. The highest BCUT2D eigenvalue weighted by Crippen LogP contribution is 2.42. The molecule has 4 aromatic carbocycles. The van der Waals surface area contributed by atoms with Crippen LogP contribution in [-0.2, 0) is 35.7 Å². The van der Waals surface area contributed by atoms with E-state index in [-0.39, 0.29) is 19.8 Å². The van der Waals surface area contributed by atoms with Gasteiger partial charge in [-0.1, -0.05) is 66.2 Å². The average molecular weight is 787 g/mol. The first-order chi connectivity index (χ1) is 27.5. The molecule has 1 unspecified atom stereocenters. The van der Waals surface area contributed by atoms with Crippen LogP contribution in [0.4, 0.5) is 0 Å². The van der Waals surface area contributed by atoms with Crippen LogP contribution in [0.25, 0.3) is 22.3 Å². The number of carbonyl (C=O) groups is 1. The van der Waals surface area contributed by atoms with Crippen LogP contribution in [-0.4, -0.2) is 64.5 Å². The van der Waals surface area contributed by atoms with Crippen LogP contribution >= 0.6 is 11.6 Å². The van der Waals surface area contributed by atoms with E-state index in [1.54, 1.807) is 31.5 Å². The Morgan fingerprint density at radius 3 is 2.44 bits per heavy atom. The van der Waals surface area contributed by atoms with E-state index >= 15 is 0 Å². The highest BCUT2D eigenvalue weighted by Gasteiger charge is 2.36. The Bertz CT molecular complexity index is 2340. The van der Waals surface area contributed by atoms with Gasteiger partial charge in [0.1, 0.15) is 36.3 Å². The number of ether oxygens (including phenoxy) is 3. The van der Waals surface area contributed by atoms with E-state index in [9.17, 15) is 20.3 Å². The Morgan fingerprint density at radius 1 is 0.965 bits per heavy atom. The van der Waals surface area contributed by atoms with Gasteiger partial charge in [-0.3, -0.25) is 20.0 Å². The van der Waals surface area contributed by atoms with E-state index in [4.69, 9.17) is 25.8 Å². The number of benzene rings is 4. The molecule has 2 heterocycles. The fraction of sp³-hybridized carbons (Fsp3) is 0.326. The van der Waals surface area contributed by atoms with Gasteiger partial charge in [0.2, 0.25) is 0 Å². The standard InChI is InChI=1S/C46H47ClN4O6/c1-28-34(26-57-44-18-43(56-25-31-15-30(19-48)20-49-21-31)35(17-41(44)47)22-50-46(3,27-52)45(53)54)7-5-9-38(28)39-10-6-8-37(29(39)2)32-11-13-40-33(16-32)12-14-42(40)51-23-36(24-51)55-4/h5-11,13,15-18,20-21,36,42,50,52H,12,14,22-27H2,1-4H3,(H,53,54)/t42?,46-/m0/s1. The van der Waals surface area contributed by atoms with Crippen molar-refractivity contribution in [2.45, 2.75) is 71.1 Å². The second kappa shape index (κ2) is 17.1. The number of halogens is 1. The number of nitrogens with one attached hydrogen (secondary N) is 1. The van der Waals surface area contributed by atoms with Gasteiger partial charge < -0.3 is 24.4 Å². The molecule has 0 spiro atoms. The van der Waals surface area contributed by atoms with Crippen molar-refractivity contribution in [2.24, 2.45) is 0 Å². The molecule has 5 aromatic rings. The summed E-state index contributed by atoms with van der Waals surface area (Å²) in [7, 11) is 1.80. The summed E-state index contributed by atoms with van der Waals surface area (Å²) in [5, 5.41) is 32.0. The van der Waals surface area contributed by atoms with Crippen molar-refractivity contribution in [3.8, 4) is 39.8 Å². The van der Waals surface area contributed by atoms with Gasteiger partial charge in [-0.15, -0.1) is 0 Å². The van der Waals surface area contributed by atoms with Crippen molar-refractivity contribution in [2.75, 3.05) is 26.8 Å². The largest absolute Gasteiger partial charge is 0.488 e. The van der Waals surface area contributed by atoms with Gasteiger partial charge in [-0.2, -0.15) is 5.26 Å². The number of hydrogen-bond donors (Lipinski definition) is 3. The molecule has 1 saturated heterocycles. The summed E-state index contributed by atoms with van der Waals surface area (Å²) in [4.78, 5) is 18.5. The summed E-state index contributed by atoms with van der Waals surface area (Å²) in [6.07, 6.45) is 5.66. The molecule has 1 aromatic heterocycles. The molecule has 294 valence electrons. The molecule has 3 N–H and O–H groups in total. The summed E-state index contributed by atoms with van der Waals surface area (Å²) in [6, 6.07) is 27.3. The molecule has 0 saturated carbocycles. The summed E-state index contributed by atoms with van der Waals surface area (Å²) in [5.41, 5.74) is 11.0. The number of nitriles is 1. The van der Waals surface area contributed by atoms with E-state index in [0.29, 0.717) is 45.4 Å². The monoisotopic (exact) mass is 786 g/mol. The van der Waals surface area contributed by atoms with Crippen molar-refractivity contribution in [3.05, 3.63) is 135 Å². The molecule has 7 rings (SSSR count). The molecule has 11 heteroatoms. The van der Waals surface area contributed by atoms with Crippen molar-refractivity contribution < 1.29 is 29.2 Å². The smallest absolute Gasteiger partial charge is 0.326 e. The predicted molar refractivity (Wildman–Crippen MR) is 219 cm³/mol. The lowest BCUT2D eigenvalue weighted by atomic mass is 9.89. The van der Waals surface area contributed by atoms with Gasteiger partial charge in [-0.25, -0.2) is 0 Å². The first kappa shape index (κ1) is 39.9. The first-order valence-corrected chi connectivity index (χ1v) is 19.5. The minimum Gasteiger partial charge on any atom is -0.488 e. The number of aliphatic hydroxyl groups excluding tert-OH is 1. The second-order valence-corrected chi connectivity index (χ2v) is 15.6. The summed E-state index contributed by atoms with van der Waals surface area (Å²) >= 11 is 6.79. The van der Waals surface area contributed by atoms with Crippen LogP contribution < -0.4 is 14.8 Å². The number of hydrogen-bond acceptors (Lipinski definition) is 9. The quantitative estimate of drug-likeness (QED) is 0.0959. The number of aliphatic carboxylic acids is 1. The summed E-state index contributed by atoms with van der Waals surface area (Å²) < 4.78 is 18.1. The maximum Gasteiger partial charge on any atom is 0.326 e. The lowest BCUT2D eigenvalue weighted by Crippen LogP contribution is -2.52. The van der Waals surface area contributed by atoms with Crippen LogP contribution in [0, 0.1) is 25.2 Å². The fourth-order valence-electron chi connectivity index (χ4n) is 7.78. The number of aliphatic hydroxyl groups is 1. The van der Waals surface area contributed by atoms with Crippen LogP contribution in [0.2, 0.25) is 5.02 Å². The molecule has 1 fully saturated rings. The van der Waals surface area contributed by atoms with E-state index in [2.05, 4.69) is 77.6 Å². The third-order valence-electron chi connectivity index (χ3n) is 11.5. The zero-order valence-corrected chi connectivity index (χ0v) is 33.4. The van der Waals surface area contributed by atoms with Crippen molar-refractivity contribution in [3.63, 3.8) is 0 Å². The number of carboxylic acid groups (broad SMARTS) is 1. The SMILES string of the molecule is COC1CN(C2CCc3cc(-c4cccc(-c5cccc(COc6cc(OCc7cncc(C#N)c7)c(CN[C@@](C)(CO)C(=O)O)cc6Cl)c5C)c4C)ccc32)C1. The number of rotatable bonds is 15. The maximum atomic E-state index is 11.9. The van der Waals surface area contributed by atoms with Gasteiger partial charge in [-0.05, 0) is 95.8 Å². The molecule has 0 radical (unpaired) electrons. The Labute approximate surface area is 338 Å². The summed E-state index contributed by atoms with van der Waals surface area (Å²) in [6.45, 7) is 7.44. The first-order valence-electron chi connectivity index (χ1n) is 19.1. The van der Waals surface area contributed by atoms with Crippen LogP contribution in [0.5, 0.6) is 11.5 Å². The zero-order chi connectivity index (χ0) is 40.3.